The number of hydrogen-bond acceptors (Lipinski definition) is 4. The molecule has 180 valence electrons. The van der Waals surface area contributed by atoms with Gasteiger partial charge in [0.1, 0.15) is 12.4 Å². The highest BCUT2D eigenvalue weighted by atomic mass is 16.5. The van der Waals surface area contributed by atoms with Crippen molar-refractivity contribution in [3.05, 3.63) is 29.8 Å². The second-order valence-corrected chi connectivity index (χ2v) is 8.15. The molecule has 2 N–H and O–H groups in total. The van der Waals surface area contributed by atoms with Gasteiger partial charge in [-0.05, 0) is 45.3 Å². The molecular weight excluding hydrogens is 402 g/mol. The summed E-state index contributed by atoms with van der Waals surface area (Å²) in [6, 6.07) is 8.13. The van der Waals surface area contributed by atoms with E-state index in [1.165, 1.54) is 6.42 Å². The molecule has 1 heterocycles. The van der Waals surface area contributed by atoms with Crippen LogP contribution in [0, 0.1) is 0 Å². The summed E-state index contributed by atoms with van der Waals surface area (Å²) in [7, 11) is 0. The van der Waals surface area contributed by atoms with Gasteiger partial charge in [0.15, 0.2) is 5.96 Å². The molecule has 1 fully saturated rings. The molecule has 0 unspecified atom stereocenters. The summed E-state index contributed by atoms with van der Waals surface area (Å²) in [5, 5.41) is 6.72. The van der Waals surface area contributed by atoms with Gasteiger partial charge in [-0.15, -0.1) is 0 Å². The lowest BCUT2D eigenvalue weighted by atomic mass is 10.2. The highest BCUT2D eigenvalue weighted by Gasteiger charge is 2.15. The normalized spacial score (nSPS) is 15.1. The number of aliphatic imine (C=N–C) groups is 1. The molecule has 0 bridgehead atoms. The van der Waals surface area contributed by atoms with Crippen LogP contribution in [0.4, 0.5) is 0 Å². The van der Waals surface area contributed by atoms with Crippen LogP contribution in [-0.2, 0) is 11.3 Å². The van der Waals surface area contributed by atoms with Crippen molar-refractivity contribution in [1.82, 2.24) is 20.4 Å². The molecule has 1 saturated heterocycles. The average molecular weight is 446 g/mol. The number of para-hydroxylation sites is 1. The molecule has 1 aromatic carbocycles. The molecule has 1 aliphatic rings. The molecule has 2 rings (SSSR count). The second-order valence-electron chi connectivity index (χ2n) is 8.15. The van der Waals surface area contributed by atoms with Crippen LogP contribution < -0.4 is 15.4 Å². The number of likely N-dealkylation sites (N-methyl/N-ethyl adjacent to an activating group) is 1. The van der Waals surface area contributed by atoms with E-state index in [0.29, 0.717) is 25.5 Å². The fourth-order valence-corrected chi connectivity index (χ4v) is 3.86. The highest BCUT2D eigenvalue weighted by Crippen LogP contribution is 2.19. The van der Waals surface area contributed by atoms with Crippen molar-refractivity contribution in [1.29, 1.82) is 0 Å². The lowest BCUT2D eigenvalue weighted by molar-refractivity contribution is -0.130. The predicted molar refractivity (Wildman–Crippen MR) is 132 cm³/mol. The summed E-state index contributed by atoms with van der Waals surface area (Å²) in [5.74, 6) is 2.01. The second kappa shape index (κ2) is 15.5. The van der Waals surface area contributed by atoms with Gasteiger partial charge in [-0.1, -0.05) is 38.5 Å². The summed E-state index contributed by atoms with van der Waals surface area (Å²) in [4.78, 5) is 21.3. The smallest absolute Gasteiger partial charge is 0.222 e. The van der Waals surface area contributed by atoms with Crippen molar-refractivity contribution in [2.24, 2.45) is 4.99 Å². The fourth-order valence-electron chi connectivity index (χ4n) is 3.86. The van der Waals surface area contributed by atoms with Crippen LogP contribution in [0.2, 0.25) is 0 Å². The third-order valence-corrected chi connectivity index (χ3v) is 5.85. The summed E-state index contributed by atoms with van der Waals surface area (Å²) in [6.07, 6.45) is 4.94. The molecule has 7 heteroatoms. The number of amides is 1. The van der Waals surface area contributed by atoms with Crippen LogP contribution in [0.1, 0.15) is 58.4 Å². The summed E-state index contributed by atoms with van der Waals surface area (Å²) in [5.41, 5.74) is 1.08. The summed E-state index contributed by atoms with van der Waals surface area (Å²) in [6.45, 7) is 14.0. The first-order valence-electron chi connectivity index (χ1n) is 12.4. The Labute approximate surface area is 194 Å². The average Bonchev–Trinajstić information content (AvgIpc) is 3.02. The molecular formula is C25H43N5O2. The number of carbonyl (C=O) groups is 1. The first-order chi connectivity index (χ1) is 15.7. The van der Waals surface area contributed by atoms with E-state index in [1.807, 2.05) is 23.1 Å². The van der Waals surface area contributed by atoms with Gasteiger partial charge in [0.25, 0.3) is 0 Å². The van der Waals surface area contributed by atoms with Crippen molar-refractivity contribution < 1.29 is 9.53 Å². The zero-order chi connectivity index (χ0) is 23.0. The number of nitrogens with zero attached hydrogens (tertiary/aromatic N) is 3. The van der Waals surface area contributed by atoms with Gasteiger partial charge in [-0.25, -0.2) is 4.99 Å². The van der Waals surface area contributed by atoms with E-state index in [9.17, 15) is 4.79 Å². The van der Waals surface area contributed by atoms with E-state index in [0.717, 1.165) is 82.3 Å². The van der Waals surface area contributed by atoms with Crippen LogP contribution in [0.15, 0.2) is 29.3 Å². The molecule has 0 atom stereocenters. The zero-order valence-corrected chi connectivity index (χ0v) is 20.4. The van der Waals surface area contributed by atoms with Gasteiger partial charge in [0.05, 0.1) is 6.54 Å². The van der Waals surface area contributed by atoms with Crippen LogP contribution >= 0.6 is 0 Å². The first-order valence-corrected chi connectivity index (χ1v) is 12.4. The SMILES string of the molecule is CCNC(=NCc1ccccc1OCCN(CC)CC)NCCCN1CCCCCC1=O. The predicted octanol–water partition coefficient (Wildman–Crippen LogP) is 3.26. The number of hydrogen-bond donors (Lipinski definition) is 2. The maximum atomic E-state index is 12.1. The summed E-state index contributed by atoms with van der Waals surface area (Å²) < 4.78 is 6.06. The number of nitrogens with one attached hydrogen (secondary N) is 2. The zero-order valence-electron chi connectivity index (χ0n) is 20.4. The number of guanidine groups is 1. The van der Waals surface area contributed by atoms with E-state index in [4.69, 9.17) is 9.73 Å². The summed E-state index contributed by atoms with van der Waals surface area (Å²) >= 11 is 0. The van der Waals surface area contributed by atoms with Gasteiger partial charge in [-0.2, -0.15) is 0 Å². The van der Waals surface area contributed by atoms with E-state index < -0.39 is 0 Å². The highest BCUT2D eigenvalue weighted by molar-refractivity contribution is 5.79. The lowest BCUT2D eigenvalue weighted by Gasteiger charge is -2.21. The fraction of sp³-hybridized carbons (Fsp3) is 0.680. The molecule has 7 nitrogen and oxygen atoms in total. The third kappa shape index (κ3) is 9.47. The maximum absolute atomic E-state index is 12.1. The van der Waals surface area contributed by atoms with Crippen molar-refractivity contribution >= 4 is 11.9 Å². The van der Waals surface area contributed by atoms with E-state index in [2.05, 4.69) is 42.4 Å². The Hall–Kier alpha value is -2.28. The molecule has 32 heavy (non-hydrogen) atoms. The standard InChI is InChI=1S/C25H43N5O2/c1-4-26-25(27-16-12-18-30-17-11-7-8-15-24(30)31)28-21-22-13-9-10-14-23(22)32-20-19-29(5-2)6-3/h9-10,13-14H,4-8,11-12,15-21H2,1-3H3,(H2,26,27,28). The van der Waals surface area contributed by atoms with Crippen LogP contribution in [0.5, 0.6) is 5.75 Å². The minimum atomic E-state index is 0.306. The minimum Gasteiger partial charge on any atom is -0.492 e. The molecule has 0 spiro atoms. The Morgan fingerprint density at radius 1 is 1.12 bits per heavy atom. The van der Waals surface area contributed by atoms with Crippen LogP contribution in [0.25, 0.3) is 0 Å². The quantitative estimate of drug-likeness (QED) is 0.277. The Morgan fingerprint density at radius 3 is 2.72 bits per heavy atom. The van der Waals surface area contributed by atoms with Crippen LogP contribution in [0.3, 0.4) is 0 Å². The van der Waals surface area contributed by atoms with E-state index in [1.54, 1.807) is 0 Å². The number of rotatable bonds is 13. The third-order valence-electron chi connectivity index (χ3n) is 5.85. The van der Waals surface area contributed by atoms with Crippen molar-refractivity contribution in [3.63, 3.8) is 0 Å². The van der Waals surface area contributed by atoms with Crippen molar-refractivity contribution in [2.45, 2.75) is 59.4 Å². The van der Waals surface area contributed by atoms with Gasteiger partial charge in [0.2, 0.25) is 5.91 Å². The molecule has 0 aromatic heterocycles. The Morgan fingerprint density at radius 2 is 1.94 bits per heavy atom. The van der Waals surface area contributed by atoms with Gasteiger partial charge in [0, 0.05) is 44.7 Å². The number of likely N-dealkylation sites (tertiary alicyclic amines) is 1. The van der Waals surface area contributed by atoms with Crippen molar-refractivity contribution in [2.75, 3.05) is 52.4 Å². The largest absolute Gasteiger partial charge is 0.492 e. The first kappa shape index (κ1) is 26.0. The molecule has 0 aliphatic carbocycles. The molecule has 0 radical (unpaired) electrons. The van der Waals surface area contributed by atoms with Gasteiger partial charge >= 0.3 is 0 Å². The molecule has 0 saturated carbocycles. The monoisotopic (exact) mass is 445 g/mol. The van der Waals surface area contributed by atoms with Gasteiger partial charge in [-0.3, -0.25) is 4.79 Å². The lowest BCUT2D eigenvalue weighted by Crippen LogP contribution is -2.39. The Bertz CT molecular complexity index is 691. The van der Waals surface area contributed by atoms with Crippen molar-refractivity contribution in [3.8, 4) is 5.75 Å². The number of benzene rings is 1. The van der Waals surface area contributed by atoms with E-state index >= 15 is 0 Å². The maximum Gasteiger partial charge on any atom is 0.222 e. The minimum absolute atomic E-state index is 0.306. The van der Waals surface area contributed by atoms with E-state index in [-0.39, 0.29) is 0 Å². The Balaban J connectivity index is 1.83. The number of carbonyl (C=O) groups excluding carboxylic acids is 1. The Kier molecular flexibility index (Phi) is 12.6. The molecule has 1 aromatic rings. The number of ether oxygens (including phenoxy) is 1. The topological polar surface area (TPSA) is 69.2 Å². The van der Waals surface area contributed by atoms with Gasteiger partial charge < -0.3 is 25.2 Å². The molecule has 1 amide bonds. The van der Waals surface area contributed by atoms with Crippen LogP contribution in [-0.4, -0.2) is 74.1 Å². The molecule has 1 aliphatic heterocycles.